The molecule has 10 heteroatoms. The van der Waals surface area contributed by atoms with E-state index in [0.29, 0.717) is 5.75 Å². The minimum atomic E-state index is -1.13. The second kappa shape index (κ2) is 12.1. The minimum Gasteiger partial charge on any atom is -0.480 e. The molecule has 0 saturated carbocycles. The molecule has 3 amide bonds. The lowest BCUT2D eigenvalue weighted by Crippen LogP contribution is -2.47. The van der Waals surface area contributed by atoms with Crippen molar-refractivity contribution in [2.45, 2.75) is 18.4 Å². The molecule has 1 aliphatic carbocycles. The average molecular weight is 486 g/mol. The summed E-state index contributed by atoms with van der Waals surface area (Å²) in [5.74, 6) is -1.87. The molecule has 4 N–H and O–H groups in total. The highest BCUT2D eigenvalue weighted by atomic mass is 32.2. The Hall–Kier alpha value is -3.53. The first-order valence-corrected chi connectivity index (χ1v) is 12.2. The summed E-state index contributed by atoms with van der Waals surface area (Å²) in [7, 11) is 0. The Kier molecular flexibility index (Phi) is 8.92. The Labute approximate surface area is 201 Å². The molecule has 0 aromatic heterocycles. The molecule has 1 unspecified atom stereocenters. The largest absolute Gasteiger partial charge is 0.480 e. The van der Waals surface area contributed by atoms with Crippen LogP contribution in [0.3, 0.4) is 0 Å². The van der Waals surface area contributed by atoms with Crippen LogP contribution in [0.2, 0.25) is 0 Å². The van der Waals surface area contributed by atoms with Crippen molar-refractivity contribution in [2.24, 2.45) is 0 Å². The monoisotopic (exact) mass is 485 g/mol. The number of nitrogens with one attached hydrogen (secondary N) is 3. The van der Waals surface area contributed by atoms with Gasteiger partial charge < -0.3 is 25.8 Å². The summed E-state index contributed by atoms with van der Waals surface area (Å²) >= 11 is 1.47. The summed E-state index contributed by atoms with van der Waals surface area (Å²) < 4.78 is 5.36. The molecular weight excluding hydrogens is 458 g/mol. The zero-order valence-corrected chi connectivity index (χ0v) is 19.5. The summed E-state index contributed by atoms with van der Waals surface area (Å²) in [5.41, 5.74) is 4.39. The van der Waals surface area contributed by atoms with E-state index in [1.54, 1.807) is 0 Å². The van der Waals surface area contributed by atoms with E-state index in [1.165, 1.54) is 11.8 Å². The van der Waals surface area contributed by atoms with E-state index in [2.05, 4.69) is 16.0 Å². The van der Waals surface area contributed by atoms with Crippen LogP contribution in [-0.4, -0.2) is 66.7 Å². The Morgan fingerprint density at radius 3 is 2.12 bits per heavy atom. The van der Waals surface area contributed by atoms with E-state index in [0.717, 1.165) is 22.3 Å². The molecule has 2 aromatic rings. The predicted molar refractivity (Wildman–Crippen MR) is 129 cm³/mol. The quantitative estimate of drug-likeness (QED) is 0.382. The van der Waals surface area contributed by atoms with Crippen LogP contribution in [0.5, 0.6) is 0 Å². The third-order valence-corrected chi connectivity index (χ3v) is 6.07. The molecule has 0 radical (unpaired) electrons. The Bertz CT molecular complexity index is 1020. The molecular formula is C24H27N3O6S. The number of aliphatic carboxylic acids is 1. The van der Waals surface area contributed by atoms with Crippen molar-refractivity contribution in [3.8, 4) is 11.1 Å². The number of benzene rings is 2. The van der Waals surface area contributed by atoms with Gasteiger partial charge in [0.05, 0.1) is 6.54 Å². The molecule has 9 nitrogen and oxygen atoms in total. The van der Waals surface area contributed by atoms with Crippen molar-refractivity contribution in [1.82, 2.24) is 16.0 Å². The number of carbonyl (C=O) groups excluding carboxylic acids is 3. The van der Waals surface area contributed by atoms with Crippen LogP contribution in [0.1, 0.15) is 23.5 Å². The van der Waals surface area contributed by atoms with Crippen LogP contribution in [-0.2, 0) is 19.1 Å². The van der Waals surface area contributed by atoms with Crippen LogP contribution in [0.25, 0.3) is 11.1 Å². The molecule has 0 bridgehead atoms. The number of alkyl carbamates (subject to hydrolysis) is 1. The lowest BCUT2D eigenvalue weighted by atomic mass is 9.98. The molecule has 180 valence electrons. The molecule has 0 saturated heterocycles. The minimum absolute atomic E-state index is 0.0936. The number of thioether (sulfide) groups is 1. The fourth-order valence-electron chi connectivity index (χ4n) is 3.78. The van der Waals surface area contributed by atoms with Crippen molar-refractivity contribution < 1.29 is 29.0 Å². The molecule has 2 aromatic carbocycles. The van der Waals surface area contributed by atoms with Gasteiger partial charge in [0.1, 0.15) is 19.2 Å². The first kappa shape index (κ1) is 25.1. The maximum absolute atomic E-state index is 12.1. The summed E-state index contributed by atoms with van der Waals surface area (Å²) in [5, 5.41) is 16.2. The van der Waals surface area contributed by atoms with E-state index >= 15 is 0 Å². The zero-order chi connectivity index (χ0) is 24.5. The molecule has 3 rings (SSSR count). The van der Waals surface area contributed by atoms with Crippen molar-refractivity contribution >= 4 is 35.6 Å². The molecule has 0 fully saturated rings. The van der Waals surface area contributed by atoms with Crippen LogP contribution in [0, 0.1) is 0 Å². The summed E-state index contributed by atoms with van der Waals surface area (Å²) in [4.78, 5) is 47.2. The fourth-order valence-corrected chi connectivity index (χ4v) is 4.25. The molecule has 34 heavy (non-hydrogen) atoms. The number of hydrogen-bond donors (Lipinski definition) is 4. The topological polar surface area (TPSA) is 134 Å². The third-order valence-electron chi connectivity index (χ3n) is 5.43. The predicted octanol–water partition coefficient (Wildman–Crippen LogP) is 1.96. The number of ether oxygens (including phenoxy) is 1. The maximum Gasteiger partial charge on any atom is 0.407 e. The second-order valence-corrected chi connectivity index (χ2v) is 8.68. The van der Waals surface area contributed by atoms with Gasteiger partial charge in [0, 0.05) is 5.92 Å². The molecule has 1 atom stereocenters. The van der Waals surface area contributed by atoms with Crippen LogP contribution < -0.4 is 16.0 Å². The smallest absolute Gasteiger partial charge is 0.407 e. The fraction of sp³-hybridized carbons (Fsp3) is 0.333. The van der Waals surface area contributed by atoms with E-state index in [9.17, 15) is 19.2 Å². The van der Waals surface area contributed by atoms with Crippen molar-refractivity contribution in [3.63, 3.8) is 0 Å². The van der Waals surface area contributed by atoms with E-state index in [1.807, 2.05) is 54.8 Å². The first-order valence-electron chi connectivity index (χ1n) is 10.8. The van der Waals surface area contributed by atoms with Gasteiger partial charge >= 0.3 is 12.1 Å². The van der Waals surface area contributed by atoms with Gasteiger partial charge in [-0.2, -0.15) is 11.8 Å². The highest BCUT2D eigenvalue weighted by Crippen LogP contribution is 2.44. The lowest BCUT2D eigenvalue weighted by molar-refractivity contribution is -0.141. The van der Waals surface area contributed by atoms with Gasteiger partial charge in [-0.05, 0) is 40.7 Å². The van der Waals surface area contributed by atoms with Gasteiger partial charge in [0.25, 0.3) is 0 Å². The van der Waals surface area contributed by atoms with E-state index in [-0.39, 0.29) is 25.5 Å². The maximum atomic E-state index is 12.1. The standard InChI is InChI=1S/C24H27N3O6S/c1-34-11-10-20(23(30)31)27-22(29)13-25-21(28)12-26-24(32)33-14-19-17-8-4-2-6-15(17)16-7-3-5-9-18(16)19/h2-9,19-20H,10-14H2,1H3,(H,25,28)(H,26,32)(H,27,29)(H,30,31). The molecule has 0 aliphatic heterocycles. The van der Waals surface area contributed by atoms with Crippen molar-refractivity contribution in [2.75, 3.05) is 31.7 Å². The van der Waals surface area contributed by atoms with Crippen LogP contribution in [0.4, 0.5) is 4.79 Å². The van der Waals surface area contributed by atoms with Crippen LogP contribution >= 0.6 is 11.8 Å². The average Bonchev–Trinajstić information content (AvgIpc) is 3.16. The summed E-state index contributed by atoms with van der Waals surface area (Å²) in [6, 6.07) is 14.9. The Balaban J connectivity index is 1.41. The Morgan fingerprint density at radius 2 is 1.53 bits per heavy atom. The molecule has 1 aliphatic rings. The third kappa shape index (κ3) is 6.50. The number of carboxylic acid groups (broad SMARTS) is 1. The number of hydrogen-bond acceptors (Lipinski definition) is 6. The number of carbonyl (C=O) groups is 4. The van der Waals surface area contributed by atoms with Gasteiger partial charge in [-0.25, -0.2) is 9.59 Å². The number of amides is 3. The SMILES string of the molecule is CSCCC(NC(=O)CNC(=O)CNC(=O)OCC1c2ccccc2-c2ccccc21)C(=O)O. The van der Waals surface area contributed by atoms with E-state index < -0.39 is 36.5 Å². The van der Waals surface area contributed by atoms with Gasteiger partial charge in [0.15, 0.2) is 0 Å². The highest BCUT2D eigenvalue weighted by Gasteiger charge is 2.29. The number of carboxylic acids is 1. The lowest BCUT2D eigenvalue weighted by Gasteiger charge is -2.15. The highest BCUT2D eigenvalue weighted by molar-refractivity contribution is 7.98. The second-order valence-electron chi connectivity index (χ2n) is 7.70. The van der Waals surface area contributed by atoms with Gasteiger partial charge in [0.2, 0.25) is 11.8 Å². The van der Waals surface area contributed by atoms with E-state index in [4.69, 9.17) is 9.84 Å². The number of rotatable bonds is 11. The summed E-state index contributed by atoms with van der Waals surface area (Å²) in [6.45, 7) is -0.649. The summed E-state index contributed by atoms with van der Waals surface area (Å²) in [6.07, 6.45) is 1.37. The first-order chi connectivity index (χ1) is 16.4. The molecule has 0 heterocycles. The molecule has 0 spiro atoms. The Morgan fingerprint density at radius 1 is 0.941 bits per heavy atom. The normalized spacial score (nSPS) is 12.7. The van der Waals surface area contributed by atoms with Crippen molar-refractivity contribution in [1.29, 1.82) is 0 Å². The van der Waals surface area contributed by atoms with Crippen molar-refractivity contribution in [3.05, 3.63) is 59.7 Å². The number of fused-ring (bicyclic) bond motifs is 3. The van der Waals surface area contributed by atoms with Gasteiger partial charge in [-0.15, -0.1) is 0 Å². The van der Waals surface area contributed by atoms with Gasteiger partial charge in [-0.3, -0.25) is 9.59 Å². The van der Waals surface area contributed by atoms with Gasteiger partial charge in [-0.1, -0.05) is 48.5 Å². The zero-order valence-electron chi connectivity index (χ0n) is 18.7. The van der Waals surface area contributed by atoms with Crippen LogP contribution in [0.15, 0.2) is 48.5 Å².